The van der Waals surface area contributed by atoms with Crippen molar-refractivity contribution in [1.82, 2.24) is 9.80 Å². The molecule has 1 aromatic carbocycles. The SMILES string of the molecule is COc1ccc(Cl)cc1C=C1C(=O)N(C)C(=O)N(C)C1=O. The molecular weight excluding hydrogens is 296 g/mol. The molecule has 110 valence electrons. The average Bonchev–Trinajstić information content (AvgIpc) is 2.48. The molecule has 1 aromatic rings. The molecule has 1 aliphatic rings. The minimum atomic E-state index is -0.666. The predicted octanol–water partition coefficient (Wildman–Crippen LogP) is 1.78. The van der Waals surface area contributed by atoms with Gasteiger partial charge in [0.15, 0.2) is 0 Å². The maximum Gasteiger partial charge on any atom is 0.333 e. The van der Waals surface area contributed by atoms with Gasteiger partial charge in [-0.15, -0.1) is 0 Å². The number of carbonyl (C=O) groups excluding carboxylic acids is 3. The van der Waals surface area contributed by atoms with Crippen LogP contribution in [0.5, 0.6) is 5.75 Å². The summed E-state index contributed by atoms with van der Waals surface area (Å²) in [5, 5.41) is 0.441. The van der Waals surface area contributed by atoms with Gasteiger partial charge < -0.3 is 4.74 Å². The van der Waals surface area contributed by atoms with E-state index in [1.807, 2.05) is 0 Å². The van der Waals surface area contributed by atoms with Crippen molar-refractivity contribution < 1.29 is 19.1 Å². The Morgan fingerprint density at radius 1 is 1.10 bits per heavy atom. The molecule has 2 rings (SSSR count). The first-order valence-electron chi connectivity index (χ1n) is 6.02. The van der Waals surface area contributed by atoms with Crippen LogP contribution < -0.4 is 4.74 Å². The Bertz CT molecular complexity index is 643. The third-order valence-corrected chi connectivity index (χ3v) is 3.37. The Morgan fingerprint density at radius 2 is 1.67 bits per heavy atom. The molecule has 0 spiro atoms. The third-order valence-electron chi connectivity index (χ3n) is 3.14. The number of hydrogen-bond acceptors (Lipinski definition) is 4. The summed E-state index contributed by atoms with van der Waals surface area (Å²) >= 11 is 5.92. The second kappa shape index (κ2) is 5.57. The maximum absolute atomic E-state index is 12.1. The Hall–Kier alpha value is -2.34. The summed E-state index contributed by atoms with van der Waals surface area (Å²) in [5.41, 5.74) is 0.359. The van der Waals surface area contributed by atoms with Crippen LogP contribution in [0.15, 0.2) is 23.8 Å². The number of carbonyl (C=O) groups is 3. The predicted molar refractivity (Wildman–Crippen MR) is 76.9 cm³/mol. The zero-order valence-corrected chi connectivity index (χ0v) is 12.5. The van der Waals surface area contributed by atoms with E-state index in [0.29, 0.717) is 16.3 Å². The lowest BCUT2D eigenvalue weighted by molar-refractivity contribution is -0.134. The highest BCUT2D eigenvalue weighted by atomic mass is 35.5. The average molecular weight is 309 g/mol. The van der Waals surface area contributed by atoms with E-state index in [4.69, 9.17) is 16.3 Å². The van der Waals surface area contributed by atoms with Crippen molar-refractivity contribution >= 4 is 35.5 Å². The smallest absolute Gasteiger partial charge is 0.333 e. The van der Waals surface area contributed by atoms with Gasteiger partial charge >= 0.3 is 6.03 Å². The van der Waals surface area contributed by atoms with Gasteiger partial charge in [-0.25, -0.2) is 4.79 Å². The quantitative estimate of drug-likeness (QED) is 0.617. The molecule has 0 aliphatic carbocycles. The molecule has 6 nitrogen and oxygen atoms in total. The molecule has 7 heteroatoms. The summed E-state index contributed by atoms with van der Waals surface area (Å²) in [6.45, 7) is 0. The van der Waals surface area contributed by atoms with E-state index in [-0.39, 0.29) is 5.57 Å². The lowest BCUT2D eigenvalue weighted by atomic mass is 10.1. The van der Waals surface area contributed by atoms with Gasteiger partial charge in [0, 0.05) is 24.7 Å². The summed E-state index contributed by atoms with van der Waals surface area (Å²) in [7, 11) is 4.10. The molecule has 1 aliphatic heterocycles. The Balaban J connectivity index is 2.54. The summed E-state index contributed by atoms with van der Waals surface area (Å²) < 4.78 is 5.17. The largest absolute Gasteiger partial charge is 0.496 e. The van der Waals surface area contributed by atoms with Crippen LogP contribution in [0, 0.1) is 0 Å². The maximum atomic E-state index is 12.1. The van der Waals surface area contributed by atoms with Crippen molar-refractivity contribution in [2.24, 2.45) is 0 Å². The van der Waals surface area contributed by atoms with E-state index >= 15 is 0 Å². The van der Waals surface area contributed by atoms with Gasteiger partial charge in [-0.3, -0.25) is 19.4 Å². The summed E-state index contributed by atoms with van der Waals surface area (Å²) in [5.74, 6) is -0.857. The highest BCUT2D eigenvalue weighted by molar-refractivity contribution is 6.32. The van der Waals surface area contributed by atoms with Gasteiger partial charge in [0.25, 0.3) is 11.8 Å². The lowest BCUT2D eigenvalue weighted by Crippen LogP contribution is -2.52. The molecular formula is C14H13ClN2O4. The van der Waals surface area contributed by atoms with Crippen molar-refractivity contribution in [3.63, 3.8) is 0 Å². The number of likely N-dealkylation sites (N-methyl/N-ethyl adjacent to an activating group) is 2. The van der Waals surface area contributed by atoms with E-state index in [1.54, 1.807) is 18.2 Å². The van der Waals surface area contributed by atoms with Gasteiger partial charge in [0.2, 0.25) is 0 Å². The minimum absolute atomic E-state index is 0.125. The van der Waals surface area contributed by atoms with Gasteiger partial charge in [-0.05, 0) is 24.3 Å². The molecule has 0 saturated carbocycles. The van der Waals surface area contributed by atoms with Crippen LogP contribution in [0.3, 0.4) is 0 Å². The van der Waals surface area contributed by atoms with Crippen LogP contribution in [-0.2, 0) is 9.59 Å². The molecule has 0 unspecified atom stereocenters. The molecule has 4 amide bonds. The Morgan fingerprint density at radius 3 is 2.19 bits per heavy atom. The van der Waals surface area contributed by atoms with Crippen molar-refractivity contribution in [3.8, 4) is 5.75 Å². The van der Waals surface area contributed by atoms with Gasteiger partial charge in [0.1, 0.15) is 11.3 Å². The van der Waals surface area contributed by atoms with Crippen molar-refractivity contribution in [2.75, 3.05) is 21.2 Å². The topological polar surface area (TPSA) is 66.9 Å². The molecule has 0 aromatic heterocycles. The van der Waals surface area contributed by atoms with E-state index in [2.05, 4.69) is 0 Å². The number of benzene rings is 1. The second-order valence-electron chi connectivity index (χ2n) is 4.46. The molecule has 0 atom stereocenters. The monoisotopic (exact) mass is 308 g/mol. The summed E-state index contributed by atoms with van der Waals surface area (Å²) in [6, 6.07) is 4.17. The number of nitrogens with zero attached hydrogens (tertiary/aromatic N) is 2. The Labute approximate surface area is 126 Å². The first-order valence-corrected chi connectivity index (χ1v) is 6.40. The number of halogens is 1. The molecule has 0 bridgehead atoms. The van der Waals surface area contributed by atoms with Crippen molar-refractivity contribution in [3.05, 3.63) is 34.4 Å². The van der Waals surface area contributed by atoms with Crippen LogP contribution in [-0.4, -0.2) is 48.9 Å². The van der Waals surface area contributed by atoms with Crippen LogP contribution >= 0.6 is 11.6 Å². The molecule has 1 heterocycles. The van der Waals surface area contributed by atoms with E-state index in [1.165, 1.54) is 27.3 Å². The zero-order chi connectivity index (χ0) is 15.7. The lowest BCUT2D eigenvalue weighted by Gasteiger charge is -2.28. The zero-order valence-electron chi connectivity index (χ0n) is 11.7. The number of urea groups is 1. The fraction of sp³-hybridized carbons (Fsp3) is 0.214. The molecule has 0 radical (unpaired) electrons. The van der Waals surface area contributed by atoms with Gasteiger partial charge in [0.05, 0.1) is 7.11 Å². The van der Waals surface area contributed by atoms with E-state index in [9.17, 15) is 14.4 Å². The van der Waals surface area contributed by atoms with Crippen LogP contribution in [0.2, 0.25) is 5.02 Å². The highest BCUT2D eigenvalue weighted by Crippen LogP contribution is 2.26. The van der Waals surface area contributed by atoms with Crippen LogP contribution in [0.1, 0.15) is 5.56 Å². The highest BCUT2D eigenvalue weighted by Gasteiger charge is 2.37. The first kappa shape index (κ1) is 15.1. The van der Waals surface area contributed by atoms with Gasteiger partial charge in [-0.2, -0.15) is 0 Å². The Kier molecular flexibility index (Phi) is 3.99. The number of rotatable bonds is 2. The molecule has 1 saturated heterocycles. The molecule has 21 heavy (non-hydrogen) atoms. The first-order chi connectivity index (χ1) is 9.86. The van der Waals surface area contributed by atoms with Gasteiger partial charge in [-0.1, -0.05) is 11.6 Å². The standard InChI is InChI=1S/C14H13ClN2O4/c1-16-12(18)10(13(19)17(2)14(16)20)7-8-6-9(15)4-5-11(8)21-3/h4-7H,1-3H3. The number of hydrogen-bond donors (Lipinski definition) is 0. The number of ether oxygens (including phenoxy) is 1. The summed E-state index contributed by atoms with van der Waals surface area (Å²) in [6.07, 6.45) is 1.37. The fourth-order valence-electron chi connectivity index (χ4n) is 1.95. The van der Waals surface area contributed by atoms with Crippen LogP contribution in [0.4, 0.5) is 4.79 Å². The van der Waals surface area contributed by atoms with Crippen molar-refractivity contribution in [2.45, 2.75) is 0 Å². The fourth-order valence-corrected chi connectivity index (χ4v) is 2.13. The van der Waals surface area contributed by atoms with E-state index < -0.39 is 17.8 Å². The second-order valence-corrected chi connectivity index (χ2v) is 4.89. The number of barbiturate groups is 1. The van der Waals surface area contributed by atoms with Crippen LogP contribution in [0.25, 0.3) is 6.08 Å². The third kappa shape index (κ3) is 2.62. The number of amides is 4. The molecule has 0 N–H and O–H groups in total. The number of imide groups is 2. The molecule has 1 fully saturated rings. The minimum Gasteiger partial charge on any atom is -0.496 e. The van der Waals surface area contributed by atoms with Crippen molar-refractivity contribution in [1.29, 1.82) is 0 Å². The normalized spacial score (nSPS) is 15.6. The summed E-state index contributed by atoms with van der Waals surface area (Å²) in [4.78, 5) is 37.6. The number of methoxy groups -OCH3 is 1. The van der Waals surface area contributed by atoms with E-state index in [0.717, 1.165) is 9.80 Å².